The molecule has 0 saturated carbocycles. The van der Waals surface area contributed by atoms with Gasteiger partial charge in [-0.15, -0.1) is 0 Å². The van der Waals surface area contributed by atoms with Crippen molar-refractivity contribution in [1.29, 1.82) is 10.5 Å². The summed E-state index contributed by atoms with van der Waals surface area (Å²) in [5, 5.41) is 17.9. The van der Waals surface area contributed by atoms with E-state index in [1.54, 1.807) is 13.8 Å². The zero-order valence-corrected chi connectivity index (χ0v) is 16.2. The summed E-state index contributed by atoms with van der Waals surface area (Å²) in [4.78, 5) is 23.0. The van der Waals surface area contributed by atoms with Gasteiger partial charge < -0.3 is 9.47 Å². The van der Waals surface area contributed by atoms with Crippen molar-refractivity contribution in [3.8, 4) is 12.1 Å². The topological polar surface area (TPSA) is 100 Å². The molecule has 146 valence electrons. The SMILES string of the molecule is CCOC(=O)C(C#N)CCCCCCCCCCC(C#N)C(=O)OCC. The van der Waals surface area contributed by atoms with E-state index in [1.807, 2.05) is 12.1 Å². The largest absolute Gasteiger partial charge is 0.465 e. The van der Waals surface area contributed by atoms with Crippen LogP contribution >= 0.6 is 0 Å². The van der Waals surface area contributed by atoms with Gasteiger partial charge in [-0.3, -0.25) is 9.59 Å². The van der Waals surface area contributed by atoms with E-state index >= 15 is 0 Å². The van der Waals surface area contributed by atoms with Crippen molar-refractivity contribution in [2.45, 2.75) is 78.1 Å². The molecule has 0 heterocycles. The maximum absolute atomic E-state index is 11.5. The van der Waals surface area contributed by atoms with E-state index in [0.717, 1.165) is 51.4 Å². The molecule has 0 amide bonds. The lowest BCUT2D eigenvalue weighted by Gasteiger charge is -2.08. The highest BCUT2D eigenvalue weighted by Gasteiger charge is 2.19. The van der Waals surface area contributed by atoms with Crippen molar-refractivity contribution in [2.24, 2.45) is 11.8 Å². The number of hydrogen-bond donors (Lipinski definition) is 0. The molecule has 0 aromatic heterocycles. The Bertz CT molecular complexity index is 435. The van der Waals surface area contributed by atoms with Gasteiger partial charge in [-0.1, -0.05) is 51.4 Å². The number of esters is 2. The zero-order valence-electron chi connectivity index (χ0n) is 16.2. The maximum atomic E-state index is 11.5. The Morgan fingerprint density at radius 2 is 1.00 bits per heavy atom. The van der Waals surface area contributed by atoms with E-state index in [4.69, 9.17) is 20.0 Å². The van der Waals surface area contributed by atoms with Gasteiger partial charge in [0.15, 0.2) is 0 Å². The van der Waals surface area contributed by atoms with Crippen molar-refractivity contribution in [3.63, 3.8) is 0 Å². The maximum Gasteiger partial charge on any atom is 0.323 e. The molecule has 0 bridgehead atoms. The van der Waals surface area contributed by atoms with Crippen molar-refractivity contribution in [1.82, 2.24) is 0 Å². The van der Waals surface area contributed by atoms with Crippen LogP contribution in [0.4, 0.5) is 0 Å². The van der Waals surface area contributed by atoms with E-state index in [9.17, 15) is 9.59 Å². The minimum atomic E-state index is -0.637. The Labute approximate surface area is 157 Å². The van der Waals surface area contributed by atoms with Gasteiger partial charge in [-0.25, -0.2) is 0 Å². The van der Waals surface area contributed by atoms with Crippen LogP contribution in [0.5, 0.6) is 0 Å². The van der Waals surface area contributed by atoms with E-state index in [0.29, 0.717) is 26.1 Å². The first-order valence-corrected chi connectivity index (χ1v) is 9.73. The zero-order chi connectivity index (χ0) is 19.6. The molecular weight excluding hydrogens is 332 g/mol. The Kier molecular flexibility index (Phi) is 15.1. The molecule has 6 heteroatoms. The Morgan fingerprint density at radius 3 is 1.27 bits per heavy atom. The van der Waals surface area contributed by atoms with E-state index in [2.05, 4.69) is 0 Å². The fraction of sp³-hybridized carbons (Fsp3) is 0.800. The van der Waals surface area contributed by atoms with Crippen LogP contribution in [0.25, 0.3) is 0 Å². The lowest BCUT2D eigenvalue weighted by atomic mass is 9.99. The minimum Gasteiger partial charge on any atom is -0.465 e. The molecule has 26 heavy (non-hydrogen) atoms. The number of carbonyl (C=O) groups excluding carboxylic acids is 2. The van der Waals surface area contributed by atoms with Gasteiger partial charge in [-0.05, 0) is 26.7 Å². The number of unbranched alkanes of at least 4 members (excludes halogenated alkanes) is 7. The van der Waals surface area contributed by atoms with Gasteiger partial charge in [0.05, 0.1) is 25.4 Å². The van der Waals surface area contributed by atoms with Crippen LogP contribution in [0, 0.1) is 34.5 Å². The van der Waals surface area contributed by atoms with E-state index < -0.39 is 23.8 Å². The third-order valence-electron chi connectivity index (χ3n) is 4.19. The minimum absolute atomic E-state index is 0.311. The van der Waals surface area contributed by atoms with Crippen LogP contribution in [0.1, 0.15) is 78.1 Å². The standard InChI is InChI=1S/C20H32N2O4/c1-3-25-19(23)17(15-21)13-11-9-7-5-6-8-10-12-14-18(16-22)20(24)26-4-2/h17-18H,3-14H2,1-2H3. The van der Waals surface area contributed by atoms with E-state index in [1.165, 1.54) is 0 Å². The summed E-state index contributed by atoms with van der Waals surface area (Å²) in [6.07, 6.45) is 9.30. The van der Waals surface area contributed by atoms with E-state index in [-0.39, 0.29) is 0 Å². The first-order chi connectivity index (χ1) is 12.6. The lowest BCUT2D eigenvalue weighted by Crippen LogP contribution is -2.16. The van der Waals surface area contributed by atoms with Gasteiger partial charge in [0.2, 0.25) is 0 Å². The average Bonchev–Trinajstić information content (AvgIpc) is 2.63. The molecule has 0 saturated heterocycles. The number of ether oxygens (including phenoxy) is 2. The molecular formula is C20H32N2O4. The van der Waals surface area contributed by atoms with Crippen LogP contribution < -0.4 is 0 Å². The van der Waals surface area contributed by atoms with Crippen LogP contribution in [-0.2, 0) is 19.1 Å². The first kappa shape index (κ1) is 23.9. The molecule has 0 N–H and O–H groups in total. The van der Waals surface area contributed by atoms with Crippen LogP contribution in [0.15, 0.2) is 0 Å². The second kappa shape index (κ2) is 16.4. The lowest BCUT2D eigenvalue weighted by molar-refractivity contribution is -0.147. The molecule has 2 unspecified atom stereocenters. The van der Waals surface area contributed by atoms with Crippen molar-refractivity contribution in [3.05, 3.63) is 0 Å². The smallest absolute Gasteiger partial charge is 0.323 e. The van der Waals surface area contributed by atoms with Gasteiger partial charge in [-0.2, -0.15) is 10.5 Å². The summed E-state index contributed by atoms with van der Waals surface area (Å²) in [6.45, 7) is 4.10. The Balaban J connectivity index is 3.59. The molecule has 0 radical (unpaired) electrons. The second-order valence-corrected chi connectivity index (χ2v) is 6.27. The molecule has 0 aliphatic heterocycles. The molecule has 6 nitrogen and oxygen atoms in total. The predicted molar refractivity (Wildman–Crippen MR) is 97.6 cm³/mol. The van der Waals surface area contributed by atoms with Gasteiger partial charge in [0.1, 0.15) is 11.8 Å². The molecule has 0 aromatic carbocycles. The van der Waals surface area contributed by atoms with Crippen LogP contribution in [0.3, 0.4) is 0 Å². The molecule has 0 fully saturated rings. The molecule has 0 aliphatic carbocycles. The van der Waals surface area contributed by atoms with Crippen LogP contribution in [0.2, 0.25) is 0 Å². The third kappa shape index (κ3) is 11.5. The number of hydrogen-bond acceptors (Lipinski definition) is 6. The summed E-state index contributed by atoms with van der Waals surface area (Å²) in [5.74, 6) is -2.09. The number of nitriles is 2. The highest BCUT2D eigenvalue weighted by atomic mass is 16.5. The highest BCUT2D eigenvalue weighted by molar-refractivity contribution is 5.75. The van der Waals surface area contributed by atoms with Crippen molar-refractivity contribution < 1.29 is 19.1 Å². The monoisotopic (exact) mass is 364 g/mol. The molecule has 0 spiro atoms. The summed E-state index contributed by atoms with van der Waals surface area (Å²) in [7, 11) is 0. The van der Waals surface area contributed by atoms with Crippen LogP contribution in [-0.4, -0.2) is 25.2 Å². The summed E-state index contributed by atoms with van der Waals surface area (Å²) in [5.41, 5.74) is 0. The number of nitrogens with zero attached hydrogens (tertiary/aromatic N) is 2. The average molecular weight is 364 g/mol. The summed E-state index contributed by atoms with van der Waals surface area (Å²) < 4.78 is 9.74. The summed E-state index contributed by atoms with van der Waals surface area (Å²) in [6, 6.07) is 4.02. The molecule has 2 atom stereocenters. The molecule has 0 aliphatic rings. The normalized spacial score (nSPS) is 12.5. The number of carbonyl (C=O) groups is 2. The molecule has 0 rings (SSSR count). The second-order valence-electron chi connectivity index (χ2n) is 6.27. The quantitative estimate of drug-likeness (QED) is 0.317. The third-order valence-corrected chi connectivity index (χ3v) is 4.19. The number of rotatable bonds is 15. The fourth-order valence-corrected chi connectivity index (χ4v) is 2.71. The van der Waals surface area contributed by atoms with Gasteiger partial charge >= 0.3 is 11.9 Å². The Morgan fingerprint density at radius 1 is 0.692 bits per heavy atom. The highest BCUT2D eigenvalue weighted by Crippen LogP contribution is 2.16. The van der Waals surface area contributed by atoms with Crippen molar-refractivity contribution in [2.75, 3.05) is 13.2 Å². The van der Waals surface area contributed by atoms with Gasteiger partial charge in [0, 0.05) is 0 Å². The van der Waals surface area contributed by atoms with Gasteiger partial charge in [0.25, 0.3) is 0 Å². The first-order valence-electron chi connectivity index (χ1n) is 9.73. The summed E-state index contributed by atoms with van der Waals surface area (Å²) >= 11 is 0. The van der Waals surface area contributed by atoms with Crippen molar-refractivity contribution >= 4 is 11.9 Å². The predicted octanol–water partition coefficient (Wildman–Crippen LogP) is 4.29. The molecule has 0 aromatic rings. The fourth-order valence-electron chi connectivity index (χ4n) is 2.71. The Hall–Kier alpha value is -2.08.